The van der Waals surface area contributed by atoms with E-state index < -0.39 is 10.0 Å². The zero-order valence-electron chi connectivity index (χ0n) is 11.1. The first kappa shape index (κ1) is 13.6. The Morgan fingerprint density at radius 2 is 2.00 bits per heavy atom. The van der Waals surface area contributed by atoms with Crippen LogP contribution in [0.4, 0.5) is 0 Å². The van der Waals surface area contributed by atoms with Crippen molar-refractivity contribution >= 4 is 10.0 Å². The number of benzene rings is 1. The van der Waals surface area contributed by atoms with Crippen molar-refractivity contribution in [2.24, 2.45) is 0 Å². The van der Waals surface area contributed by atoms with Gasteiger partial charge in [0.15, 0.2) is 0 Å². The quantitative estimate of drug-likeness (QED) is 0.890. The molecule has 0 spiro atoms. The van der Waals surface area contributed by atoms with Crippen LogP contribution in [-0.2, 0) is 16.4 Å². The van der Waals surface area contributed by atoms with E-state index in [0.29, 0.717) is 4.90 Å². The third kappa shape index (κ3) is 2.59. The van der Waals surface area contributed by atoms with Crippen LogP contribution in [0.3, 0.4) is 0 Å². The predicted molar refractivity (Wildman–Crippen MR) is 73.0 cm³/mol. The van der Waals surface area contributed by atoms with Crippen LogP contribution in [0.15, 0.2) is 23.1 Å². The number of nitrogens with one attached hydrogen (secondary N) is 1. The highest BCUT2D eigenvalue weighted by Gasteiger charge is 2.33. The minimum absolute atomic E-state index is 0.0322. The lowest BCUT2D eigenvalue weighted by Crippen LogP contribution is -2.19. The molecule has 1 aliphatic rings. The summed E-state index contributed by atoms with van der Waals surface area (Å²) in [5.41, 5.74) is 2.07. The average Bonchev–Trinajstić information content (AvgIpc) is 2.59. The van der Waals surface area contributed by atoms with Crippen LogP contribution in [0.1, 0.15) is 56.7 Å². The topological polar surface area (TPSA) is 46.2 Å². The molecule has 3 nitrogen and oxygen atoms in total. The first-order valence-corrected chi connectivity index (χ1v) is 8.22. The summed E-state index contributed by atoms with van der Waals surface area (Å²) in [6.45, 7) is 4.21. The van der Waals surface area contributed by atoms with E-state index in [4.69, 9.17) is 0 Å². The Morgan fingerprint density at radius 3 is 2.67 bits per heavy atom. The Morgan fingerprint density at radius 1 is 1.22 bits per heavy atom. The van der Waals surface area contributed by atoms with E-state index in [0.717, 1.165) is 43.2 Å². The van der Waals surface area contributed by atoms with Crippen molar-refractivity contribution in [1.29, 1.82) is 0 Å². The molecular weight excluding hydrogens is 246 g/mol. The molecule has 1 aromatic rings. The molecule has 1 heterocycles. The van der Waals surface area contributed by atoms with Crippen molar-refractivity contribution in [2.75, 3.05) is 0 Å². The summed E-state index contributed by atoms with van der Waals surface area (Å²) in [5.74, 6) is 0. The molecule has 0 aliphatic carbocycles. The Hall–Kier alpha value is -0.870. The maximum atomic E-state index is 12.1. The fraction of sp³-hybridized carbons (Fsp3) is 0.571. The summed E-state index contributed by atoms with van der Waals surface area (Å²) in [4.78, 5) is 0.495. The molecule has 0 saturated heterocycles. The minimum atomic E-state index is -3.27. The standard InChI is InChI=1S/C14H21NO2S/c1-3-5-7-11-8-9-12-13(6-4-2)15-18(16,17)14(12)10-11/h8-10,13,15H,3-7H2,1-2H3. The van der Waals surface area contributed by atoms with Gasteiger partial charge in [0, 0.05) is 6.04 Å². The number of fused-ring (bicyclic) bond motifs is 1. The van der Waals surface area contributed by atoms with Crippen molar-refractivity contribution in [3.63, 3.8) is 0 Å². The van der Waals surface area contributed by atoms with E-state index in [9.17, 15) is 8.42 Å². The van der Waals surface area contributed by atoms with Crippen molar-refractivity contribution in [2.45, 2.75) is 56.9 Å². The van der Waals surface area contributed by atoms with Gasteiger partial charge >= 0.3 is 0 Å². The molecule has 0 aromatic heterocycles. The van der Waals surface area contributed by atoms with Gasteiger partial charge in [-0.3, -0.25) is 0 Å². The van der Waals surface area contributed by atoms with E-state index in [1.54, 1.807) is 0 Å². The Kier molecular flexibility index (Phi) is 4.07. The number of rotatable bonds is 5. The van der Waals surface area contributed by atoms with Crippen LogP contribution in [-0.4, -0.2) is 8.42 Å². The fourth-order valence-electron chi connectivity index (χ4n) is 2.45. The van der Waals surface area contributed by atoms with Gasteiger partial charge in [-0.05, 0) is 36.5 Å². The van der Waals surface area contributed by atoms with Crippen LogP contribution < -0.4 is 4.72 Å². The largest absolute Gasteiger partial charge is 0.241 e. The molecule has 0 fully saturated rings. The van der Waals surface area contributed by atoms with E-state index in [1.165, 1.54) is 0 Å². The van der Waals surface area contributed by atoms with Crippen LogP contribution in [0.5, 0.6) is 0 Å². The Balaban J connectivity index is 2.34. The van der Waals surface area contributed by atoms with Gasteiger partial charge in [-0.15, -0.1) is 0 Å². The third-order valence-electron chi connectivity index (χ3n) is 3.44. The van der Waals surface area contributed by atoms with E-state index >= 15 is 0 Å². The summed E-state index contributed by atoms with van der Waals surface area (Å²) in [6.07, 6.45) is 5.02. The highest BCUT2D eigenvalue weighted by molar-refractivity contribution is 7.89. The number of sulfonamides is 1. The molecule has 1 unspecified atom stereocenters. The van der Waals surface area contributed by atoms with Gasteiger partial charge in [-0.2, -0.15) is 0 Å². The van der Waals surface area contributed by atoms with E-state index in [1.807, 2.05) is 12.1 Å². The molecule has 1 atom stereocenters. The second-order valence-electron chi connectivity index (χ2n) is 4.94. The number of hydrogen-bond donors (Lipinski definition) is 1. The second-order valence-corrected chi connectivity index (χ2v) is 6.62. The van der Waals surface area contributed by atoms with Crippen molar-refractivity contribution < 1.29 is 8.42 Å². The molecule has 1 aromatic carbocycles. The van der Waals surface area contributed by atoms with Gasteiger partial charge < -0.3 is 0 Å². The number of aryl methyl sites for hydroxylation is 1. The van der Waals surface area contributed by atoms with Crippen LogP contribution in [0, 0.1) is 0 Å². The lowest BCUT2D eigenvalue weighted by Gasteiger charge is -2.08. The summed E-state index contributed by atoms with van der Waals surface area (Å²) >= 11 is 0. The maximum Gasteiger partial charge on any atom is 0.241 e. The first-order valence-electron chi connectivity index (χ1n) is 6.73. The highest BCUT2D eigenvalue weighted by atomic mass is 32.2. The van der Waals surface area contributed by atoms with Gasteiger partial charge in [-0.1, -0.05) is 38.8 Å². The summed E-state index contributed by atoms with van der Waals surface area (Å²) in [7, 11) is -3.27. The Labute approximate surface area is 110 Å². The molecule has 1 N–H and O–H groups in total. The molecule has 100 valence electrons. The predicted octanol–water partition coefficient (Wildman–Crippen LogP) is 3.16. The van der Waals surface area contributed by atoms with E-state index in [-0.39, 0.29) is 6.04 Å². The lowest BCUT2D eigenvalue weighted by molar-refractivity contribution is 0.558. The summed E-state index contributed by atoms with van der Waals surface area (Å²) < 4.78 is 26.9. The van der Waals surface area contributed by atoms with Crippen LogP contribution in [0.2, 0.25) is 0 Å². The smallest absolute Gasteiger partial charge is 0.207 e. The summed E-state index contributed by atoms with van der Waals surface area (Å²) in [5, 5.41) is 0. The van der Waals surface area contributed by atoms with Gasteiger partial charge in [0.25, 0.3) is 0 Å². The number of hydrogen-bond acceptors (Lipinski definition) is 2. The van der Waals surface area contributed by atoms with Crippen LogP contribution in [0.25, 0.3) is 0 Å². The van der Waals surface area contributed by atoms with Gasteiger partial charge in [-0.25, -0.2) is 13.1 Å². The molecule has 2 rings (SSSR count). The molecular formula is C14H21NO2S. The molecule has 4 heteroatoms. The zero-order valence-corrected chi connectivity index (χ0v) is 11.9. The molecule has 0 bridgehead atoms. The normalized spacial score (nSPS) is 20.9. The van der Waals surface area contributed by atoms with Gasteiger partial charge in [0.1, 0.15) is 0 Å². The SMILES string of the molecule is CCCCc1ccc2c(c1)S(=O)(=O)NC2CCC. The van der Waals surface area contributed by atoms with Crippen molar-refractivity contribution in [3.8, 4) is 0 Å². The average molecular weight is 267 g/mol. The van der Waals surface area contributed by atoms with Gasteiger partial charge in [0.05, 0.1) is 4.90 Å². The highest BCUT2D eigenvalue weighted by Crippen LogP contribution is 2.34. The lowest BCUT2D eigenvalue weighted by atomic mass is 10.00. The monoisotopic (exact) mass is 267 g/mol. The van der Waals surface area contributed by atoms with E-state index in [2.05, 4.69) is 24.6 Å². The second kappa shape index (κ2) is 5.41. The minimum Gasteiger partial charge on any atom is -0.207 e. The van der Waals surface area contributed by atoms with Crippen molar-refractivity contribution in [1.82, 2.24) is 4.72 Å². The van der Waals surface area contributed by atoms with Gasteiger partial charge in [0.2, 0.25) is 10.0 Å². The van der Waals surface area contributed by atoms with Crippen molar-refractivity contribution in [3.05, 3.63) is 29.3 Å². The first-order chi connectivity index (χ1) is 8.58. The molecule has 0 radical (unpaired) electrons. The maximum absolute atomic E-state index is 12.1. The zero-order chi connectivity index (χ0) is 13.2. The molecule has 0 amide bonds. The fourth-order valence-corrected chi connectivity index (χ4v) is 4.03. The molecule has 0 saturated carbocycles. The third-order valence-corrected chi connectivity index (χ3v) is 4.96. The number of unbranched alkanes of at least 4 members (excludes halogenated alkanes) is 1. The summed E-state index contributed by atoms with van der Waals surface area (Å²) in [6, 6.07) is 5.87. The Bertz CT molecular complexity index is 523. The van der Waals surface area contributed by atoms with Crippen LogP contribution >= 0.6 is 0 Å². The molecule has 1 aliphatic heterocycles. The molecule has 18 heavy (non-hydrogen) atoms.